The lowest BCUT2D eigenvalue weighted by atomic mass is 9.46. The molecule has 1 heterocycles. The average molecular weight is 440 g/mol. The van der Waals surface area contributed by atoms with E-state index in [0.29, 0.717) is 30.0 Å². The first-order chi connectivity index (χ1) is 15.8. The van der Waals surface area contributed by atoms with Crippen molar-refractivity contribution in [1.29, 1.82) is 0 Å². The first-order valence-electron chi connectivity index (χ1n) is 12.7. The van der Waals surface area contributed by atoms with Crippen LogP contribution in [0.4, 0.5) is 0 Å². The Bertz CT molecular complexity index is 1230. The van der Waals surface area contributed by atoms with Crippen molar-refractivity contribution in [3.63, 3.8) is 0 Å². The number of hydrogen-bond acceptors (Lipinski definition) is 3. The normalized spacial score (nSPS) is 39.7. The first kappa shape index (κ1) is 21.1. The summed E-state index contributed by atoms with van der Waals surface area (Å²) in [6.07, 6.45) is 11.6. The molecule has 6 rings (SSSR count). The molecule has 3 heteroatoms. The van der Waals surface area contributed by atoms with Gasteiger partial charge in [0.25, 0.3) is 0 Å². The van der Waals surface area contributed by atoms with Crippen LogP contribution >= 0.6 is 0 Å². The van der Waals surface area contributed by atoms with Crippen LogP contribution in [0.25, 0.3) is 10.9 Å². The van der Waals surface area contributed by atoms with Gasteiger partial charge in [0, 0.05) is 29.0 Å². The van der Waals surface area contributed by atoms with E-state index < -0.39 is 5.60 Å². The van der Waals surface area contributed by atoms with Crippen molar-refractivity contribution < 1.29 is 9.90 Å². The molecule has 0 spiro atoms. The fraction of sp³-hybridized carbons (Fsp3) is 0.533. The molecule has 1 aromatic carbocycles. The lowest BCUT2D eigenvalue weighted by Crippen LogP contribution is -2.54. The van der Waals surface area contributed by atoms with Gasteiger partial charge in [0.15, 0.2) is 5.78 Å². The third-order valence-electron chi connectivity index (χ3n) is 10.1. The van der Waals surface area contributed by atoms with Gasteiger partial charge in [-0.1, -0.05) is 37.3 Å². The molecule has 4 aliphatic rings. The third-order valence-corrected chi connectivity index (χ3v) is 10.1. The Kier molecular flexibility index (Phi) is 4.66. The number of nitrogens with zero attached hydrogens (tertiary/aromatic N) is 1. The van der Waals surface area contributed by atoms with Crippen molar-refractivity contribution >= 4 is 16.7 Å². The summed E-state index contributed by atoms with van der Waals surface area (Å²) < 4.78 is 0. The SMILES string of the molecule is C[C@]12CCC(=O)C=C1CC[C@@H]1[C@@H]2CC[C@@]2(C)[C@H]1CC[C@@]2(O)C#Cc1ccc2ncccc2c1. The zero-order valence-electron chi connectivity index (χ0n) is 19.7. The van der Waals surface area contributed by atoms with E-state index in [1.165, 1.54) is 5.57 Å². The molecule has 2 aromatic rings. The molecule has 0 unspecified atom stereocenters. The topological polar surface area (TPSA) is 50.2 Å². The molecule has 0 amide bonds. The Hall–Kier alpha value is -2.44. The number of carbonyl (C=O) groups is 1. The van der Waals surface area contributed by atoms with Gasteiger partial charge in [-0.25, -0.2) is 0 Å². The maximum atomic E-state index is 12.1. The van der Waals surface area contributed by atoms with Crippen molar-refractivity contribution in [2.24, 2.45) is 28.6 Å². The van der Waals surface area contributed by atoms with E-state index in [-0.39, 0.29) is 10.8 Å². The summed E-state index contributed by atoms with van der Waals surface area (Å²) in [4.78, 5) is 16.5. The van der Waals surface area contributed by atoms with Crippen LogP contribution in [0.1, 0.15) is 70.8 Å². The van der Waals surface area contributed by atoms with Crippen LogP contribution in [0.3, 0.4) is 0 Å². The summed E-state index contributed by atoms with van der Waals surface area (Å²) in [7, 11) is 0. The first-order valence-corrected chi connectivity index (χ1v) is 12.7. The zero-order chi connectivity index (χ0) is 22.8. The summed E-state index contributed by atoms with van der Waals surface area (Å²) in [6, 6.07) is 10.1. The van der Waals surface area contributed by atoms with E-state index in [9.17, 15) is 9.90 Å². The minimum absolute atomic E-state index is 0.165. The van der Waals surface area contributed by atoms with E-state index >= 15 is 0 Å². The number of hydrogen-bond donors (Lipinski definition) is 1. The van der Waals surface area contributed by atoms with E-state index in [1.807, 2.05) is 30.5 Å². The van der Waals surface area contributed by atoms with E-state index in [2.05, 4.69) is 42.8 Å². The second-order valence-electron chi connectivity index (χ2n) is 11.5. The molecule has 0 aliphatic heterocycles. The van der Waals surface area contributed by atoms with Gasteiger partial charge < -0.3 is 5.11 Å². The summed E-state index contributed by atoms with van der Waals surface area (Å²) in [6.45, 7) is 4.72. The molecule has 0 saturated heterocycles. The second kappa shape index (κ2) is 7.28. The highest BCUT2D eigenvalue weighted by Gasteiger charge is 2.63. The van der Waals surface area contributed by atoms with Crippen molar-refractivity contribution in [3.8, 4) is 11.8 Å². The molecular formula is C30H33NO2. The lowest BCUT2D eigenvalue weighted by Gasteiger charge is -2.58. The minimum atomic E-state index is -0.938. The molecule has 0 bridgehead atoms. The largest absolute Gasteiger partial charge is 0.377 e. The zero-order valence-corrected chi connectivity index (χ0v) is 19.7. The second-order valence-corrected chi connectivity index (χ2v) is 11.5. The predicted octanol–water partition coefficient (Wildman–Crippen LogP) is 5.85. The van der Waals surface area contributed by atoms with Crippen LogP contribution in [0, 0.1) is 40.4 Å². The molecule has 6 atom stereocenters. The fourth-order valence-corrected chi connectivity index (χ4v) is 8.11. The molecule has 33 heavy (non-hydrogen) atoms. The highest BCUT2D eigenvalue weighted by Crippen LogP contribution is 2.67. The molecule has 3 saturated carbocycles. The predicted molar refractivity (Wildman–Crippen MR) is 130 cm³/mol. The lowest BCUT2D eigenvalue weighted by molar-refractivity contribution is -0.119. The Morgan fingerprint density at radius 3 is 2.76 bits per heavy atom. The molecule has 4 aliphatic carbocycles. The van der Waals surface area contributed by atoms with Gasteiger partial charge >= 0.3 is 0 Å². The van der Waals surface area contributed by atoms with Gasteiger partial charge in [-0.2, -0.15) is 0 Å². The molecular weight excluding hydrogens is 406 g/mol. The number of fused-ring (bicyclic) bond motifs is 6. The van der Waals surface area contributed by atoms with Gasteiger partial charge in [-0.05, 0) is 98.5 Å². The molecule has 1 N–H and O–H groups in total. The molecule has 170 valence electrons. The Morgan fingerprint density at radius 2 is 1.88 bits per heavy atom. The number of aliphatic hydroxyl groups is 1. The number of ketones is 1. The van der Waals surface area contributed by atoms with Crippen molar-refractivity contribution in [2.45, 2.75) is 70.8 Å². The van der Waals surface area contributed by atoms with Gasteiger partial charge in [0.2, 0.25) is 0 Å². The van der Waals surface area contributed by atoms with E-state index in [1.54, 1.807) is 0 Å². The standard InChI is InChI=1S/C30H33NO2/c1-28-13-10-23(32)19-22(28)6-7-24-25(28)11-14-29(2)26(24)12-16-30(29,33)15-9-20-5-8-27-21(18-20)4-3-17-31-27/h3-5,8,17-19,24-26,33H,6-7,10-14,16H2,1-2H3/t24-,25+,26+,28+,29+,30+/m1/s1. The summed E-state index contributed by atoms with van der Waals surface area (Å²) in [5.74, 6) is 8.79. The van der Waals surface area contributed by atoms with Crippen LogP contribution in [0.15, 0.2) is 48.2 Å². The van der Waals surface area contributed by atoms with E-state index in [4.69, 9.17) is 0 Å². The summed E-state index contributed by atoms with van der Waals surface area (Å²) in [5, 5.41) is 13.0. The summed E-state index contributed by atoms with van der Waals surface area (Å²) in [5.41, 5.74) is 2.38. The van der Waals surface area contributed by atoms with Gasteiger partial charge in [-0.3, -0.25) is 9.78 Å². The van der Waals surface area contributed by atoms with E-state index in [0.717, 1.165) is 61.4 Å². The summed E-state index contributed by atoms with van der Waals surface area (Å²) >= 11 is 0. The highest BCUT2D eigenvalue weighted by molar-refractivity contribution is 5.91. The maximum absolute atomic E-state index is 12.1. The Labute approximate surface area is 196 Å². The van der Waals surface area contributed by atoms with Crippen molar-refractivity contribution in [1.82, 2.24) is 4.98 Å². The quantitative estimate of drug-likeness (QED) is 0.524. The number of benzene rings is 1. The number of allylic oxidation sites excluding steroid dienone is 1. The monoisotopic (exact) mass is 439 g/mol. The number of carbonyl (C=O) groups excluding carboxylic acids is 1. The van der Waals surface area contributed by atoms with Crippen LogP contribution in [0.5, 0.6) is 0 Å². The van der Waals surface area contributed by atoms with Gasteiger partial charge in [0.05, 0.1) is 5.52 Å². The minimum Gasteiger partial charge on any atom is -0.377 e. The molecule has 3 nitrogen and oxygen atoms in total. The highest BCUT2D eigenvalue weighted by atomic mass is 16.3. The van der Waals surface area contributed by atoms with Crippen LogP contribution in [-0.4, -0.2) is 21.5 Å². The van der Waals surface area contributed by atoms with Crippen molar-refractivity contribution in [2.75, 3.05) is 0 Å². The van der Waals surface area contributed by atoms with Crippen LogP contribution < -0.4 is 0 Å². The van der Waals surface area contributed by atoms with Gasteiger partial charge in [0.1, 0.15) is 5.60 Å². The molecule has 0 radical (unpaired) electrons. The van der Waals surface area contributed by atoms with Crippen LogP contribution in [-0.2, 0) is 4.79 Å². The van der Waals surface area contributed by atoms with Crippen LogP contribution in [0.2, 0.25) is 0 Å². The van der Waals surface area contributed by atoms with Gasteiger partial charge in [-0.15, -0.1) is 0 Å². The Morgan fingerprint density at radius 1 is 1.03 bits per heavy atom. The maximum Gasteiger partial charge on any atom is 0.155 e. The number of aromatic nitrogens is 1. The fourth-order valence-electron chi connectivity index (χ4n) is 8.11. The average Bonchev–Trinajstić information content (AvgIpc) is 3.09. The molecule has 3 fully saturated rings. The number of pyridine rings is 1. The number of rotatable bonds is 0. The molecule has 1 aromatic heterocycles. The Balaban J connectivity index is 1.30. The van der Waals surface area contributed by atoms with Crippen molar-refractivity contribution in [3.05, 3.63) is 53.7 Å². The smallest absolute Gasteiger partial charge is 0.155 e. The third kappa shape index (κ3) is 3.07.